The molecule has 660 valence electrons. The zero-order valence-electron chi connectivity index (χ0n) is 76.5. The Bertz CT molecular complexity index is 7000. The Balaban J connectivity index is 0.000000203. The molecule has 10 N–H and O–H groups in total. The second-order valence-electron chi connectivity index (χ2n) is 32.6. The first kappa shape index (κ1) is 101. The van der Waals surface area contributed by atoms with E-state index in [4.69, 9.17) is 15.0 Å². The summed E-state index contributed by atoms with van der Waals surface area (Å²) >= 11 is 0. The van der Waals surface area contributed by atoms with Crippen molar-refractivity contribution in [3.63, 3.8) is 0 Å². The number of allylic oxidation sites excluding steroid dienone is 9. The Hall–Kier alpha value is -12.7. The Kier molecular flexibility index (Phi) is 32.2. The van der Waals surface area contributed by atoms with E-state index < -0.39 is 35.8 Å². The van der Waals surface area contributed by atoms with Crippen LogP contribution in [-0.2, 0) is 67.3 Å². The van der Waals surface area contributed by atoms with E-state index in [9.17, 15) is 73.8 Å². The van der Waals surface area contributed by atoms with Gasteiger partial charge in [0.25, 0.3) is 0 Å². The maximum absolute atomic E-state index is 14.0. The Labute approximate surface area is 821 Å². The Morgan fingerprint density at radius 2 is 0.477 bits per heavy atom. The second kappa shape index (κ2) is 41.8. The van der Waals surface area contributed by atoms with E-state index in [0.29, 0.717) is 111 Å². The van der Waals surface area contributed by atoms with Crippen molar-refractivity contribution < 1.29 is 119 Å². The minimum atomic E-state index is -1.16. The van der Waals surface area contributed by atoms with Gasteiger partial charge in [-0.2, -0.15) is 0 Å². The molecule has 0 spiro atoms. The number of hydrogen-bond donors (Lipinski definition) is 10. The molecule has 30 heteroatoms. The predicted octanol–water partition coefficient (Wildman–Crippen LogP) is 6.77. The average molecular weight is 1890 g/mol. The number of aryl methyl sites for hydroxylation is 15. The van der Waals surface area contributed by atoms with Crippen molar-refractivity contribution in [2.45, 2.75) is 160 Å². The summed E-state index contributed by atoms with van der Waals surface area (Å²) in [7, 11) is 0. The largest absolute Gasteiger partial charge is 3.00 e. The molecule has 0 radical (unpaired) electrons. The molecule has 3 aliphatic heterocycles. The van der Waals surface area contributed by atoms with Gasteiger partial charge in [-0.1, -0.05) is 75.9 Å². The van der Waals surface area contributed by atoms with Crippen LogP contribution in [0.3, 0.4) is 0 Å². The van der Waals surface area contributed by atoms with E-state index in [1.54, 1.807) is 36.5 Å². The van der Waals surface area contributed by atoms with E-state index >= 15 is 0 Å². The van der Waals surface area contributed by atoms with Crippen molar-refractivity contribution in [1.82, 2.24) is 59.8 Å². The van der Waals surface area contributed by atoms with Crippen molar-refractivity contribution in [3.05, 3.63) is 277 Å². The van der Waals surface area contributed by atoms with Crippen LogP contribution in [0, 0.1) is 62.3 Å². The van der Waals surface area contributed by atoms with E-state index in [2.05, 4.69) is 84.3 Å². The van der Waals surface area contributed by atoms with Crippen LogP contribution in [0.15, 0.2) is 127 Å². The van der Waals surface area contributed by atoms with Gasteiger partial charge in [0, 0.05) is 152 Å². The fourth-order valence-corrected chi connectivity index (χ4v) is 17.7. The number of carbonyl (C=O) groups excluding carboxylic acids is 5. The van der Waals surface area contributed by atoms with Crippen LogP contribution in [0.5, 0.6) is 0 Å². The Morgan fingerprint density at radius 3 is 0.659 bits per heavy atom. The number of carboxylic acid groups (broad SMARTS) is 6. The number of nitrogens with one attached hydrogen (secondary N) is 9. The van der Waals surface area contributed by atoms with Gasteiger partial charge in [0.1, 0.15) is 17.1 Å². The first-order valence-electron chi connectivity index (χ1n) is 42.0. The van der Waals surface area contributed by atoms with Crippen LogP contribution in [0.25, 0.3) is 151 Å². The number of carbonyl (C=O) groups is 6. The molecule has 24 bridgehead atoms. The predicted molar refractivity (Wildman–Crippen MR) is 507 cm³/mol. The fourth-order valence-electron chi connectivity index (χ4n) is 17.7. The number of H-pyrrole nitrogens is 9. The fraction of sp³-hybridized carbons (Fsp3) is 0.235. The molecule has 0 aromatic carbocycles. The van der Waals surface area contributed by atoms with Gasteiger partial charge < -0.3 is 99.5 Å². The molecule has 3 aliphatic rings. The molecule has 132 heavy (non-hydrogen) atoms. The first-order valence-corrected chi connectivity index (χ1v) is 42.0. The van der Waals surface area contributed by atoms with Crippen LogP contribution in [0.1, 0.15) is 194 Å². The minimum Gasteiger partial charge on any atom is -0.550 e. The van der Waals surface area contributed by atoms with Gasteiger partial charge in [0.05, 0.1) is 33.6 Å². The third-order valence-corrected chi connectivity index (χ3v) is 25.1. The number of aromatic amines is 9. The average Bonchev–Trinajstić information content (AvgIpc) is 1.61. The summed E-state index contributed by atoms with van der Waals surface area (Å²) in [6.07, 6.45) is 10.5. The molecule has 15 rings (SSSR count). The van der Waals surface area contributed by atoms with Gasteiger partial charge >= 0.3 is 90.9 Å². The molecule has 0 atom stereocenters. The maximum Gasteiger partial charge on any atom is 3.00 e. The van der Waals surface area contributed by atoms with Crippen molar-refractivity contribution in [1.29, 1.82) is 0 Å². The van der Waals surface area contributed by atoms with Crippen molar-refractivity contribution in [2.24, 2.45) is 0 Å². The molecule has 0 aliphatic carbocycles. The quantitative estimate of drug-likeness (QED) is 0.0279. The van der Waals surface area contributed by atoms with E-state index in [1.807, 2.05) is 138 Å². The maximum atomic E-state index is 14.0. The molecular formula is C102H97InN12Na2O15. The van der Waals surface area contributed by atoms with E-state index in [-0.39, 0.29) is 195 Å². The summed E-state index contributed by atoms with van der Waals surface area (Å²) in [5.74, 6) is -6.72. The van der Waals surface area contributed by atoms with Crippen molar-refractivity contribution in [3.8, 4) is 0 Å². The zero-order valence-corrected chi connectivity index (χ0v) is 83.8. The smallest absolute Gasteiger partial charge is 0.550 e. The van der Waals surface area contributed by atoms with Crippen LogP contribution in [0.2, 0.25) is 0 Å². The normalized spacial score (nSPS) is 11.9. The summed E-state index contributed by atoms with van der Waals surface area (Å²) in [6.45, 7) is 46.3. The number of hydrogen-bond acceptors (Lipinski definition) is 17. The number of nitrogens with zero attached hydrogens (tertiary/aromatic N) is 3. The number of aromatic nitrogens is 12. The Morgan fingerprint density at radius 1 is 0.288 bits per heavy atom. The molecule has 0 fully saturated rings. The SMILES string of the molecule is C=CC1=C(C)c2cc3[nH]c(cc4[nH]c(cc5[nH]c(c(C)c5C=C)c(=O)c1n2)c(C)c4CCC(=O)O)c(CCC(=O)[O-])c3C.C=CC1=C(C)c2cc3[nH]c(cc4[nH]c(cc5[nH]c(c(C)c5C=C)c(=O)c1n2)c(C)c4CCC(=O)[O-])c(CCC(=O)[O-])c3C.C=CC1=C(C)c2cc3[nH]c(cc4[nH]c(cc5[nH]c(c(C)c5C=C)c(=O)c1n2)c(C)c4CCC(=O)[O-])c(CCC(=O)[O-])c3C.[In+3].[Na+].[Na+]. The molecule has 0 amide bonds. The molecule has 0 saturated carbocycles. The molecular weight excluding hydrogens is 1790 g/mol. The summed E-state index contributed by atoms with van der Waals surface area (Å²) in [5, 5.41) is 66.5. The number of rotatable bonds is 24. The number of carboxylic acids is 6. The van der Waals surface area contributed by atoms with Gasteiger partial charge in [-0.15, -0.1) is 0 Å². The summed E-state index contributed by atoms with van der Waals surface area (Å²) in [4.78, 5) is 155. The number of aliphatic carboxylic acids is 6. The van der Waals surface area contributed by atoms with Gasteiger partial charge in [-0.3, -0.25) is 19.2 Å². The summed E-state index contributed by atoms with van der Waals surface area (Å²) in [5.41, 5.74) is 31.9. The second-order valence-corrected chi connectivity index (χ2v) is 32.6. The molecule has 12 aromatic heterocycles. The van der Waals surface area contributed by atoms with Crippen LogP contribution in [-0.4, -0.2) is 127 Å². The van der Waals surface area contributed by atoms with E-state index in [1.165, 1.54) is 0 Å². The zero-order chi connectivity index (χ0) is 93.5. The van der Waals surface area contributed by atoms with Crippen molar-refractivity contribution in [2.75, 3.05) is 0 Å². The van der Waals surface area contributed by atoms with Crippen LogP contribution in [0.4, 0.5) is 0 Å². The molecule has 15 heterocycles. The van der Waals surface area contributed by atoms with E-state index in [0.717, 1.165) is 139 Å². The molecule has 27 nitrogen and oxygen atoms in total. The summed E-state index contributed by atoms with van der Waals surface area (Å²) < 4.78 is 0. The molecule has 12 aromatic rings. The third kappa shape index (κ3) is 20.1. The van der Waals surface area contributed by atoms with Crippen molar-refractivity contribution >= 4 is 213 Å². The molecule has 0 saturated heterocycles. The van der Waals surface area contributed by atoms with Gasteiger partial charge in [-0.05, 0) is 308 Å². The monoisotopic (exact) mass is 1890 g/mol. The topological polar surface area (TPSA) is 470 Å². The van der Waals surface area contributed by atoms with Crippen LogP contribution >= 0.6 is 0 Å². The standard InChI is InChI=1S/3C34H34N4O5.In.2Na/c3*1-7-20-19(6)32-34(43)33-21(8-2)16(3)26(37-33)13-24-17(4)22(9-11-30(39)40)28(35-24)15-29-23(10-12-31(41)42)18(5)25(36-29)14-27(20)38-32;;;/h3*7-8,13-15,35-36,38H,1-2,9-12H2,3-6H3,(H,39,40)(H,41,42);;;/q;;;+3;2*+1/p-5. The first-order chi connectivity index (χ1) is 61.3. The van der Waals surface area contributed by atoms with Gasteiger partial charge in [-0.25, -0.2) is 15.0 Å². The van der Waals surface area contributed by atoms with Gasteiger partial charge in [0.2, 0.25) is 16.3 Å². The van der Waals surface area contributed by atoms with Crippen LogP contribution < -0.4 is 101 Å². The van der Waals surface area contributed by atoms with Gasteiger partial charge in [0.15, 0.2) is 0 Å². The third-order valence-electron chi connectivity index (χ3n) is 25.1. The minimum absolute atomic E-state index is 0. The molecule has 0 unspecified atom stereocenters. The number of fused-ring (bicyclic) bond motifs is 24. The summed E-state index contributed by atoms with van der Waals surface area (Å²) in [6, 6.07) is 16.9.